The normalized spacial score (nSPS) is 10.9. The molecular formula is C18H17FN2O2. The number of hydrogen-bond acceptors (Lipinski definition) is 3. The Kier molecular flexibility index (Phi) is 4.12. The van der Waals surface area contributed by atoms with Gasteiger partial charge in [0, 0.05) is 16.5 Å². The van der Waals surface area contributed by atoms with E-state index in [1.54, 1.807) is 12.1 Å². The van der Waals surface area contributed by atoms with Crippen LogP contribution in [0.25, 0.3) is 22.2 Å². The van der Waals surface area contributed by atoms with E-state index in [4.69, 9.17) is 5.90 Å². The van der Waals surface area contributed by atoms with E-state index in [2.05, 4.69) is 9.82 Å². The molecule has 1 aromatic heterocycles. The van der Waals surface area contributed by atoms with Gasteiger partial charge in [0.2, 0.25) is 0 Å². The number of nitrogens with two attached hydrogens (primary N) is 1. The Morgan fingerprint density at radius 1 is 1.26 bits per heavy atom. The monoisotopic (exact) mass is 312 g/mol. The fourth-order valence-electron chi connectivity index (χ4n) is 2.77. The van der Waals surface area contributed by atoms with Crippen LogP contribution in [-0.4, -0.2) is 11.0 Å². The first kappa shape index (κ1) is 15.2. The van der Waals surface area contributed by atoms with Gasteiger partial charge in [0.1, 0.15) is 5.82 Å². The Bertz CT molecular complexity index is 871. The summed E-state index contributed by atoms with van der Waals surface area (Å²) in [7, 11) is 0. The first-order valence-corrected chi connectivity index (χ1v) is 7.36. The van der Waals surface area contributed by atoms with Gasteiger partial charge in [-0.3, -0.25) is 4.79 Å². The largest absolute Gasteiger partial charge is 0.373 e. The van der Waals surface area contributed by atoms with E-state index in [0.29, 0.717) is 12.0 Å². The molecule has 0 spiro atoms. The molecule has 23 heavy (non-hydrogen) atoms. The fourth-order valence-corrected chi connectivity index (χ4v) is 2.77. The van der Waals surface area contributed by atoms with Crippen molar-refractivity contribution in [3.63, 3.8) is 0 Å². The zero-order valence-corrected chi connectivity index (χ0v) is 12.7. The number of nitrogens with one attached hydrogen (secondary N) is 1. The highest BCUT2D eigenvalue weighted by Gasteiger charge is 2.13. The van der Waals surface area contributed by atoms with Gasteiger partial charge in [-0.05, 0) is 48.7 Å². The maximum Gasteiger partial charge on any atom is 0.324 e. The molecule has 0 radical (unpaired) electrons. The summed E-state index contributed by atoms with van der Waals surface area (Å²) in [5.74, 6) is 4.14. The van der Waals surface area contributed by atoms with Crippen LogP contribution in [0.5, 0.6) is 0 Å². The van der Waals surface area contributed by atoms with E-state index >= 15 is 0 Å². The maximum absolute atomic E-state index is 14.0. The zero-order chi connectivity index (χ0) is 16.4. The molecule has 0 aliphatic carbocycles. The molecule has 0 saturated heterocycles. The first-order valence-electron chi connectivity index (χ1n) is 7.36. The van der Waals surface area contributed by atoms with Crippen molar-refractivity contribution in [1.82, 2.24) is 4.98 Å². The number of H-pyrrole nitrogens is 1. The lowest BCUT2D eigenvalue weighted by atomic mass is 10.0. The van der Waals surface area contributed by atoms with Crippen LogP contribution in [0.15, 0.2) is 42.5 Å². The van der Waals surface area contributed by atoms with E-state index in [-0.39, 0.29) is 12.2 Å². The highest BCUT2D eigenvalue weighted by atomic mass is 19.1. The molecule has 3 N–H and O–H groups in total. The molecule has 3 aromatic rings. The maximum atomic E-state index is 14.0. The van der Waals surface area contributed by atoms with Crippen molar-refractivity contribution in [2.75, 3.05) is 0 Å². The van der Waals surface area contributed by atoms with E-state index in [1.165, 1.54) is 6.07 Å². The van der Waals surface area contributed by atoms with E-state index in [9.17, 15) is 9.18 Å². The van der Waals surface area contributed by atoms with Crippen molar-refractivity contribution < 1.29 is 14.0 Å². The number of fused-ring (bicyclic) bond motifs is 1. The van der Waals surface area contributed by atoms with Gasteiger partial charge in [-0.25, -0.2) is 4.39 Å². The summed E-state index contributed by atoms with van der Waals surface area (Å²) in [5, 5.41) is 1.02. The summed E-state index contributed by atoms with van der Waals surface area (Å²) in [6.45, 7) is 1.96. The molecule has 1 heterocycles. The topological polar surface area (TPSA) is 68.1 Å². The first-order chi connectivity index (χ1) is 11.1. The van der Waals surface area contributed by atoms with Gasteiger partial charge in [-0.15, -0.1) is 0 Å². The third-order valence-corrected chi connectivity index (χ3v) is 4.02. The number of aryl methyl sites for hydroxylation is 2. The van der Waals surface area contributed by atoms with Crippen LogP contribution >= 0.6 is 0 Å². The molecule has 3 rings (SSSR count). The molecule has 0 aliphatic rings. The summed E-state index contributed by atoms with van der Waals surface area (Å²) < 4.78 is 14.0. The van der Waals surface area contributed by atoms with Crippen LogP contribution in [0, 0.1) is 12.7 Å². The van der Waals surface area contributed by atoms with Crippen molar-refractivity contribution in [3.8, 4) is 11.3 Å². The van der Waals surface area contributed by atoms with Crippen molar-refractivity contribution in [2.24, 2.45) is 5.90 Å². The minimum absolute atomic E-state index is 0.228. The Morgan fingerprint density at radius 3 is 2.78 bits per heavy atom. The average molecular weight is 312 g/mol. The van der Waals surface area contributed by atoms with Crippen LogP contribution in [0.3, 0.4) is 0 Å². The Labute approximate surface area is 133 Å². The van der Waals surface area contributed by atoms with Crippen molar-refractivity contribution >= 4 is 16.9 Å². The second-order valence-electron chi connectivity index (χ2n) is 5.47. The minimum Gasteiger partial charge on any atom is -0.373 e. The van der Waals surface area contributed by atoms with E-state index in [1.807, 2.05) is 31.2 Å². The molecule has 0 atom stereocenters. The average Bonchev–Trinajstić information content (AvgIpc) is 2.89. The van der Waals surface area contributed by atoms with Crippen LogP contribution in [0.2, 0.25) is 0 Å². The zero-order valence-electron chi connectivity index (χ0n) is 12.7. The Morgan fingerprint density at radius 2 is 2.04 bits per heavy atom. The molecule has 2 aromatic carbocycles. The third-order valence-electron chi connectivity index (χ3n) is 4.02. The Hall–Kier alpha value is -2.66. The second kappa shape index (κ2) is 6.22. The fraction of sp³-hybridized carbons (Fsp3) is 0.167. The molecule has 5 heteroatoms. The van der Waals surface area contributed by atoms with Crippen molar-refractivity contribution in [1.29, 1.82) is 0 Å². The molecule has 4 nitrogen and oxygen atoms in total. The second-order valence-corrected chi connectivity index (χ2v) is 5.47. The minimum atomic E-state index is -0.442. The molecule has 0 bridgehead atoms. The quantitative estimate of drug-likeness (QED) is 0.723. The lowest BCUT2D eigenvalue weighted by molar-refractivity contribution is -0.144. The van der Waals surface area contributed by atoms with Gasteiger partial charge in [0.25, 0.3) is 0 Å². The number of benzene rings is 2. The summed E-state index contributed by atoms with van der Waals surface area (Å²) in [4.78, 5) is 18.6. The highest BCUT2D eigenvalue weighted by Crippen LogP contribution is 2.31. The number of carbonyl (C=O) groups is 1. The summed E-state index contributed by atoms with van der Waals surface area (Å²) >= 11 is 0. The number of carbonyl (C=O) groups excluding carboxylic acids is 1. The van der Waals surface area contributed by atoms with Crippen LogP contribution in [-0.2, 0) is 16.1 Å². The van der Waals surface area contributed by atoms with Crippen molar-refractivity contribution in [2.45, 2.75) is 19.8 Å². The molecule has 0 unspecified atom stereocenters. The van der Waals surface area contributed by atoms with E-state index < -0.39 is 5.97 Å². The van der Waals surface area contributed by atoms with Gasteiger partial charge in [-0.2, -0.15) is 5.90 Å². The smallest absolute Gasteiger partial charge is 0.324 e. The van der Waals surface area contributed by atoms with Crippen LogP contribution in [0.4, 0.5) is 4.39 Å². The van der Waals surface area contributed by atoms with Crippen LogP contribution < -0.4 is 5.90 Å². The SMILES string of the molecule is Cc1c(-c2ccccc2F)[nH]c2ccc(CCC(=O)ON)cc12. The van der Waals surface area contributed by atoms with Gasteiger partial charge in [0.05, 0.1) is 12.1 Å². The third kappa shape index (κ3) is 2.96. The molecule has 0 amide bonds. The molecular weight excluding hydrogens is 295 g/mol. The van der Waals surface area contributed by atoms with E-state index in [0.717, 1.165) is 27.7 Å². The molecule has 118 valence electrons. The Balaban J connectivity index is 1.99. The van der Waals surface area contributed by atoms with Crippen LogP contribution in [0.1, 0.15) is 17.5 Å². The number of aromatic amines is 1. The molecule has 0 saturated carbocycles. The predicted molar refractivity (Wildman–Crippen MR) is 87.0 cm³/mol. The van der Waals surface area contributed by atoms with Gasteiger partial charge < -0.3 is 9.82 Å². The predicted octanol–water partition coefficient (Wildman–Crippen LogP) is 3.63. The summed E-state index contributed by atoms with van der Waals surface area (Å²) in [6, 6.07) is 12.6. The van der Waals surface area contributed by atoms with Crippen molar-refractivity contribution in [3.05, 3.63) is 59.4 Å². The molecule has 0 fully saturated rings. The lowest BCUT2D eigenvalue weighted by Crippen LogP contribution is -2.10. The number of rotatable bonds is 4. The summed E-state index contributed by atoms with van der Waals surface area (Å²) in [5.41, 5.74) is 4.25. The van der Waals surface area contributed by atoms with Gasteiger partial charge in [-0.1, -0.05) is 18.2 Å². The van der Waals surface area contributed by atoms with Gasteiger partial charge >= 0.3 is 5.97 Å². The standard InChI is InChI=1S/C18H17FN2O2/c1-11-14-10-12(7-9-17(22)23-20)6-8-16(14)21-18(11)13-4-2-3-5-15(13)19/h2-6,8,10,21H,7,9,20H2,1H3. The summed E-state index contributed by atoms with van der Waals surface area (Å²) in [6.07, 6.45) is 0.775. The number of aromatic nitrogens is 1. The molecule has 0 aliphatic heterocycles. The van der Waals surface area contributed by atoms with Gasteiger partial charge in [0.15, 0.2) is 0 Å². The number of hydrogen-bond donors (Lipinski definition) is 2. The highest BCUT2D eigenvalue weighted by molar-refractivity contribution is 5.91. The lowest BCUT2D eigenvalue weighted by Gasteiger charge is -2.02. The number of halogens is 1.